The first-order chi connectivity index (χ1) is 7.75. The fourth-order valence-electron chi connectivity index (χ4n) is 1.56. The number of allylic oxidation sites excluding steroid dienone is 1. The Hall–Kier alpha value is -1.25. The van der Waals surface area contributed by atoms with Gasteiger partial charge in [-0.1, -0.05) is 20.4 Å². The Morgan fingerprint density at radius 1 is 1.47 bits per heavy atom. The molecular weight excluding hydrogens is 220 g/mol. The molecule has 0 aromatic carbocycles. The molecule has 1 rings (SSSR count). The quantitative estimate of drug-likeness (QED) is 0.750. The number of hydrogen-bond acceptors (Lipinski definition) is 1. The van der Waals surface area contributed by atoms with Crippen LogP contribution in [-0.4, -0.2) is 4.98 Å². The standard InChI is InChI=1S/C14H19F2N/c1-6-10(3)11(4)12-7-9(2)8-13(17-12)14(5,15)16/h7-8,10H,4,6H2,1-3,5H3/t10-/m1/s1. The predicted octanol–water partition coefficient (Wildman–Crippen LogP) is 4.56. The first-order valence-electron chi connectivity index (χ1n) is 5.81. The third-order valence-corrected chi connectivity index (χ3v) is 2.96. The summed E-state index contributed by atoms with van der Waals surface area (Å²) in [5.74, 6) is -2.65. The Labute approximate surface area is 102 Å². The fraction of sp³-hybridized carbons (Fsp3) is 0.500. The van der Waals surface area contributed by atoms with Crippen molar-refractivity contribution in [2.45, 2.75) is 40.0 Å². The molecule has 3 heteroatoms. The summed E-state index contributed by atoms with van der Waals surface area (Å²) in [7, 11) is 0. The third-order valence-electron chi connectivity index (χ3n) is 2.96. The molecule has 0 radical (unpaired) electrons. The lowest BCUT2D eigenvalue weighted by Crippen LogP contribution is -2.12. The fourth-order valence-corrected chi connectivity index (χ4v) is 1.56. The van der Waals surface area contributed by atoms with Crippen molar-refractivity contribution in [1.29, 1.82) is 0 Å². The molecule has 0 amide bonds. The number of aromatic nitrogens is 1. The van der Waals surface area contributed by atoms with Crippen molar-refractivity contribution in [2.24, 2.45) is 5.92 Å². The molecule has 1 nitrogen and oxygen atoms in total. The smallest absolute Gasteiger partial charge is 0.247 e. The van der Waals surface area contributed by atoms with E-state index in [0.717, 1.165) is 24.5 Å². The van der Waals surface area contributed by atoms with E-state index in [1.807, 2.05) is 19.9 Å². The van der Waals surface area contributed by atoms with Crippen LogP contribution in [0.5, 0.6) is 0 Å². The molecular formula is C14H19F2N. The van der Waals surface area contributed by atoms with Crippen LogP contribution in [0.2, 0.25) is 0 Å². The molecule has 0 unspecified atom stereocenters. The van der Waals surface area contributed by atoms with Crippen LogP contribution in [0, 0.1) is 12.8 Å². The summed E-state index contributed by atoms with van der Waals surface area (Å²) >= 11 is 0. The van der Waals surface area contributed by atoms with E-state index in [1.54, 1.807) is 6.92 Å². The Morgan fingerprint density at radius 3 is 2.53 bits per heavy atom. The lowest BCUT2D eigenvalue weighted by atomic mass is 9.96. The summed E-state index contributed by atoms with van der Waals surface area (Å²) in [6.45, 7) is 10.7. The van der Waals surface area contributed by atoms with Crippen molar-refractivity contribution < 1.29 is 8.78 Å². The maximum atomic E-state index is 13.3. The van der Waals surface area contributed by atoms with E-state index in [4.69, 9.17) is 0 Å². The van der Waals surface area contributed by atoms with Crippen LogP contribution in [0.1, 0.15) is 44.1 Å². The first kappa shape index (κ1) is 13.8. The summed E-state index contributed by atoms with van der Waals surface area (Å²) in [5.41, 5.74) is 2.01. The van der Waals surface area contributed by atoms with Crippen molar-refractivity contribution in [3.63, 3.8) is 0 Å². The minimum Gasteiger partial charge on any atom is -0.247 e. The van der Waals surface area contributed by atoms with Crippen LogP contribution in [0.25, 0.3) is 5.57 Å². The molecule has 0 spiro atoms. The maximum absolute atomic E-state index is 13.3. The molecule has 94 valence electrons. The molecule has 0 aliphatic rings. The van der Waals surface area contributed by atoms with Gasteiger partial charge in [-0.25, -0.2) is 4.98 Å². The van der Waals surface area contributed by atoms with Gasteiger partial charge in [0.15, 0.2) is 0 Å². The van der Waals surface area contributed by atoms with E-state index in [1.165, 1.54) is 6.07 Å². The van der Waals surface area contributed by atoms with Gasteiger partial charge < -0.3 is 0 Å². The van der Waals surface area contributed by atoms with E-state index in [-0.39, 0.29) is 11.6 Å². The van der Waals surface area contributed by atoms with Crippen molar-refractivity contribution >= 4 is 5.57 Å². The highest BCUT2D eigenvalue weighted by Crippen LogP contribution is 2.29. The molecule has 1 atom stereocenters. The highest BCUT2D eigenvalue weighted by atomic mass is 19.3. The largest absolute Gasteiger partial charge is 0.287 e. The van der Waals surface area contributed by atoms with Gasteiger partial charge >= 0.3 is 0 Å². The topological polar surface area (TPSA) is 12.9 Å². The second-order valence-electron chi connectivity index (χ2n) is 4.64. The van der Waals surface area contributed by atoms with Crippen molar-refractivity contribution in [3.8, 4) is 0 Å². The van der Waals surface area contributed by atoms with Crippen LogP contribution >= 0.6 is 0 Å². The Morgan fingerprint density at radius 2 is 2.06 bits per heavy atom. The van der Waals surface area contributed by atoms with Gasteiger partial charge in [0.2, 0.25) is 0 Å². The van der Waals surface area contributed by atoms with Crippen LogP contribution in [0.15, 0.2) is 18.7 Å². The lowest BCUT2D eigenvalue weighted by Gasteiger charge is -2.16. The van der Waals surface area contributed by atoms with Crippen LogP contribution < -0.4 is 0 Å². The van der Waals surface area contributed by atoms with Crippen LogP contribution in [0.3, 0.4) is 0 Å². The Balaban J connectivity index is 3.19. The van der Waals surface area contributed by atoms with E-state index < -0.39 is 5.92 Å². The van der Waals surface area contributed by atoms with E-state index in [0.29, 0.717) is 5.69 Å². The Kier molecular flexibility index (Phi) is 4.02. The van der Waals surface area contributed by atoms with Crippen molar-refractivity contribution in [2.75, 3.05) is 0 Å². The summed E-state index contributed by atoms with van der Waals surface area (Å²) in [5, 5.41) is 0. The predicted molar refractivity (Wildman–Crippen MR) is 67.0 cm³/mol. The van der Waals surface area contributed by atoms with Crippen LogP contribution in [-0.2, 0) is 5.92 Å². The highest BCUT2D eigenvalue weighted by Gasteiger charge is 2.27. The van der Waals surface area contributed by atoms with Gasteiger partial charge in [0.25, 0.3) is 5.92 Å². The minimum absolute atomic E-state index is 0.183. The molecule has 17 heavy (non-hydrogen) atoms. The van der Waals surface area contributed by atoms with Gasteiger partial charge in [-0.2, -0.15) is 8.78 Å². The molecule has 0 fully saturated rings. The number of halogens is 2. The molecule has 0 saturated carbocycles. The van der Waals surface area contributed by atoms with Gasteiger partial charge in [-0.15, -0.1) is 0 Å². The zero-order valence-corrected chi connectivity index (χ0v) is 10.8. The normalized spacial score (nSPS) is 13.5. The summed E-state index contributed by atoms with van der Waals surface area (Å²) < 4.78 is 26.5. The van der Waals surface area contributed by atoms with Crippen LogP contribution in [0.4, 0.5) is 8.78 Å². The SMILES string of the molecule is C=C(c1cc(C)cc(C(C)(F)F)n1)[C@H](C)CC. The molecule has 1 heterocycles. The summed E-state index contributed by atoms with van der Waals surface area (Å²) in [4.78, 5) is 4.02. The lowest BCUT2D eigenvalue weighted by molar-refractivity contribution is 0.0126. The molecule has 0 aliphatic heterocycles. The Bertz CT molecular complexity index is 419. The molecule has 0 aliphatic carbocycles. The second-order valence-corrected chi connectivity index (χ2v) is 4.64. The van der Waals surface area contributed by atoms with E-state index in [2.05, 4.69) is 11.6 Å². The number of hydrogen-bond donors (Lipinski definition) is 0. The van der Waals surface area contributed by atoms with Gasteiger partial charge in [0.05, 0.1) is 5.69 Å². The molecule has 1 aromatic heterocycles. The zero-order chi connectivity index (χ0) is 13.2. The monoisotopic (exact) mass is 239 g/mol. The third kappa shape index (κ3) is 3.35. The van der Waals surface area contributed by atoms with Crippen molar-refractivity contribution in [3.05, 3.63) is 35.7 Å². The van der Waals surface area contributed by atoms with Gasteiger partial charge in [0, 0.05) is 6.92 Å². The number of rotatable bonds is 4. The zero-order valence-electron chi connectivity index (χ0n) is 10.8. The van der Waals surface area contributed by atoms with E-state index >= 15 is 0 Å². The number of aryl methyl sites for hydroxylation is 1. The van der Waals surface area contributed by atoms with E-state index in [9.17, 15) is 8.78 Å². The number of pyridine rings is 1. The number of nitrogens with zero attached hydrogens (tertiary/aromatic N) is 1. The van der Waals surface area contributed by atoms with Gasteiger partial charge in [-0.3, -0.25) is 0 Å². The minimum atomic E-state index is -2.91. The average Bonchev–Trinajstić information content (AvgIpc) is 2.25. The molecule has 1 aromatic rings. The second kappa shape index (κ2) is 4.94. The molecule has 0 bridgehead atoms. The number of alkyl halides is 2. The average molecular weight is 239 g/mol. The summed E-state index contributed by atoms with van der Waals surface area (Å²) in [6, 6.07) is 3.23. The molecule has 0 N–H and O–H groups in total. The van der Waals surface area contributed by atoms with Gasteiger partial charge in [0.1, 0.15) is 5.69 Å². The first-order valence-corrected chi connectivity index (χ1v) is 5.81. The van der Waals surface area contributed by atoms with Crippen molar-refractivity contribution in [1.82, 2.24) is 4.98 Å². The maximum Gasteiger partial charge on any atom is 0.287 e. The molecule has 0 saturated heterocycles. The highest BCUT2D eigenvalue weighted by molar-refractivity contribution is 5.62. The van der Waals surface area contributed by atoms with Gasteiger partial charge in [-0.05, 0) is 42.5 Å². The summed E-state index contributed by atoms with van der Waals surface area (Å²) in [6.07, 6.45) is 0.923.